The van der Waals surface area contributed by atoms with E-state index in [1.807, 2.05) is 0 Å². The maximum absolute atomic E-state index is 4.04. The Morgan fingerprint density at radius 1 is 0.761 bits per heavy atom. The standard InChI is InChI=1S/C45H57Br/c1-9-43(7,26-14-16-30(3)4)32-22-24-34-35-25-23-33(44(8,10-2)27-15-17-31(5)6)29-40(35)45(39(34)28-32)37-19-12-11-18-36(37)42-38(45)20-13-21-41(42)46/h11-13,18-25,28-31,34,39H,9-10,14-17,26-27H2,1-8H3. The first-order chi connectivity index (χ1) is 22.0. The zero-order valence-corrected chi connectivity index (χ0v) is 31.4. The van der Waals surface area contributed by atoms with E-state index in [2.05, 4.69) is 150 Å². The quantitative estimate of drug-likeness (QED) is 0.179. The molecule has 0 aliphatic heterocycles. The molecular weight excluding hydrogens is 620 g/mol. The molecule has 0 N–H and O–H groups in total. The van der Waals surface area contributed by atoms with Crippen LogP contribution in [-0.2, 0) is 10.8 Å². The fraction of sp³-hybridized carbons (Fsp3) is 0.511. The van der Waals surface area contributed by atoms with Gasteiger partial charge >= 0.3 is 0 Å². The molecule has 0 amide bonds. The summed E-state index contributed by atoms with van der Waals surface area (Å²) < 4.78 is 1.21. The molecule has 0 radical (unpaired) electrons. The van der Waals surface area contributed by atoms with Crippen LogP contribution in [0, 0.1) is 23.2 Å². The summed E-state index contributed by atoms with van der Waals surface area (Å²) in [5.41, 5.74) is 12.1. The zero-order chi connectivity index (χ0) is 32.9. The summed E-state index contributed by atoms with van der Waals surface area (Å²) in [6.07, 6.45) is 17.9. The highest BCUT2D eigenvalue weighted by molar-refractivity contribution is 9.10. The smallest absolute Gasteiger partial charge is 0.0538 e. The summed E-state index contributed by atoms with van der Waals surface area (Å²) in [7, 11) is 0. The van der Waals surface area contributed by atoms with Gasteiger partial charge in [-0.2, -0.15) is 0 Å². The minimum atomic E-state index is -0.207. The summed E-state index contributed by atoms with van der Waals surface area (Å²) in [4.78, 5) is 0. The van der Waals surface area contributed by atoms with Gasteiger partial charge in [-0.05, 0) is 93.4 Å². The Hall–Kier alpha value is -2.38. The summed E-state index contributed by atoms with van der Waals surface area (Å²) in [5.74, 6) is 2.23. The van der Waals surface area contributed by atoms with E-state index < -0.39 is 0 Å². The van der Waals surface area contributed by atoms with Crippen molar-refractivity contribution in [1.82, 2.24) is 0 Å². The largest absolute Gasteiger partial charge is 0.0761 e. The highest BCUT2D eigenvalue weighted by Crippen LogP contribution is 2.67. The van der Waals surface area contributed by atoms with Crippen LogP contribution < -0.4 is 0 Å². The molecule has 3 aliphatic carbocycles. The molecule has 3 aliphatic rings. The average molecular weight is 678 g/mol. The third kappa shape index (κ3) is 5.41. The van der Waals surface area contributed by atoms with E-state index in [0.29, 0.717) is 11.8 Å². The molecule has 3 aromatic carbocycles. The fourth-order valence-corrected chi connectivity index (χ4v) is 9.91. The molecule has 0 fully saturated rings. The van der Waals surface area contributed by atoms with Crippen LogP contribution in [0.4, 0.5) is 0 Å². The highest BCUT2D eigenvalue weighted by Gasteiger charge is 2.58. The molecule has 244 valence electrons. The molecule has 0 saturated carbocycles. The van der Waals surface area contributed by atoms with Gasteiger partial charge in [-0.3, -0.25) is 0 Å². The van der Waals surface area contributed by atoms with Crippen LogP contribution in [0.15, 0.2) is 88.9 Å². The first kappa shape index (κ1) is 33.5. The predicted molar refractivity (Wildman–Crippen MR) is 203 cm³/mol. The molecule has 6 rings (SSSR count). The van der Waals surface area contributed by atoms with Crippen LogP contribution in [0.3, 0.4) is 0 Å². The Morgan fingerprint density at radius 2 is 1.41 bits per heavy atom. The van der Waals surface area contributed by atoms with Gasteiger partial charge in [0, 0.05) is 21.9 Å². The van der Waals surface area contributed by atoms with E-state index in [1.165, 1.54) is 82.8 Å². The molecular formula is C45H57Br. The normalized spacial score (nSPS) is 23.6. The van der Waals surface area contributed by atoms with Crippen molar-refractivity contribution in [2.24, 2.45) is 23.2 Å². The van der Waals surface area contributed by atoms with E-state index >= 15 is 0 Å². The maximum Gasteiger partial charge on any atom is 0.0538 e. The van der Waals surface area contributed by atoms with Crippen LogP contribution in [0.2, 0.25) is 0 Å². The average Bonchev–Trinajstić information content (AvgIpc) is 3.51. The molecule has 0 saturated heterocycles. The summed E-state index contributed by atoms with van der Waals surface area (Å²) in [6.45, 7) is 19.3. The lowest BCUT2D eigenvalue weighted by Crippen LogP contribution is -2.34. The number of hydrogen-bond donors (Lipinski definition) is 0. The van der Waals surface area contributed by atoms with E-state index in [0.717, 1.165) is 18.3 Å². The molecule has 0 nitrogen and oxygen atoms in total. The molecule has 5 unspecified atom stereocenters. The molecule has 5 atom stereocenters. The Balaban J connectivity index is 1.56. The van der Waals surface area contributed by atoms with Gasteiger partial charge in [0.2, 0.25) is 0 Å². The second-order valence-corrected chi connectivity index (χ2v) is 17.1. The first-order valence-electron chi connectivity index (χ1n) is 18.4. The lowest BCUT2D eigenvalue weighted by atomic mass is 9.62. The van der Waals surface area contributed by atoms with E-state index in [4.69, 9.17) is 0 Å². The van der Waals surface area contributed by atoms with E-state index in [9.17, 15) is 0 Å². The van der Waals surface area contributed by atoms with Crippen molar-refractivity contribution in [2.75, 3.05) is 0 Å². The summed E-state index contributed by atoms with van der Waals surface area (Å²) >= 11 is 4.04. The molecule has 1 heteroatoms. The maximum atomic E-state index is 4.04. The Bertz CT molecular complexity index is 1640. The van der Waals surface area contributed by atoms with Crippen molar-refractivity contribution in [1.29, 1.82) is 0 Å². The van der Waals surface area contributed by atoms with Crippen molar-refractivity contribution >= 4 is 15.9 Å². The van der Waals surface area contributed by atoms with Crippen LogP contribution in [0.1, 0.15) is 140 Å². The number of fused-ring (bicyclic) bond motifs is 10. The number of allylic oxidation sites excluding steroid dienone is 4. The minimum absolute atomic E-state index is 0.172. The van der Waals surface area contributed by atoms with Crippen LogP contribution in [0.25, 0.3) is 11.1 Å². The number of hydrogen-bond acceptors (Lipinski definition) is 0. The highest BCUT2D eigenvalue weighted by atomic mass is 79.9. The number of benzene rings is 3. The molecule has 0 heterocycles. The predicted octanol–water partition coefficient (Wildman–Crippen LogP) is 13.7. The van der Waals surface area contributed by atoms with Gasteiger partial charge in [-0.1, -0.05) is 170 Å². The minimum Gasteiger partial charge on any atom is -0.0761 e. The SMILES string of the molecule is CCC(C)(CCCC(C)C)C1=CC2C(C=C1)c1ccc(C(C)(CC)CCCC(C)C)cc1C21c2ccccc2-c2c(Br)cccc21. The van der Waals surface area contributed by atoms with Crippen LogP contribution >= 0.6 is 15.9 Å². The van der Waals surface area contributed by atoms with Gasteiger partial charge in [0.05, 0.1) is 5.41 Å². The van der Waals surface area contributed by atoms with Crippen molar-refractivity contribution in [3.63, 3.8) is 0 Å². The number of rotatable bonds is 12. The third-order valence-corrected chi connectivity index (χ3v) is 13.3. The molecule has 0 aromatic heterocycles. The third-order valence-electron chi connectivity index (χ3n) is 12.6. The summed E-state index contributed by atoms with van der Waals surface area (Å²) in [5, 5.41) is 0. The van der Waals surface area contributed by atoms with Gasteiger partial charge < -0.3 is 0 Å². The molecule has 46 heavy (non-hydrogen) atoms. The topological polar surface area (TPSA) is 0 Å². The molecule has 0 bridgehead atoms. The van der Waals surface area contributed by atoms with Gasteiger partial charge in [0.1, 0.15) is 0 Å². The van der Waals surface area contributed by atoms with Crippen molar-refractivity contribution in [2.45, 2.75) is 124 Å². The van der Waals surface area contributed by atoms with Gasteiger partial charge in [0.15, 0.2) is 0 Å². The van der Waals surface area contributed by atoms with Gasteiger partial charge in [-0.25, -0.2) is 0 Å². The van der Waals surface area contributed by atoms with Crippen LogP contribution in [0.5, 0.6) is 0 Å². The lowest BCUT2D eigenvalue weighted by molar-refractivity contribution is 0.324. The lowest BCUT2D eigenvalue weighted by Gasteiger charge is -2.40. The second-order valence-electron chi connectivity index (χ2n) is 16.3. The van der Waals surface area contributed by atoms with Crippen molar-refractivity contribution in [3.05, 3.63) is 117 Å². The summed E-state index contributed by atoms with van der Waals surface area (Å²) in [6, 6.07) is 24.0. The van der Waals surface area contributed by atoms with Crippen molar-refractivity contribution < 1.29 is 0 Å². The van der Waals surface area contributed by atoms with E-state index in [1.54, 1.807) is 11.1 Å². The zero-order valence-electron chi connectivity index (χ0n) is 29.8. The fourth-order valence-electron chi connectivity index (χ4n) is 9.33. The first-order valence-corrected chi connectivity index (χ1v) is 19.2. The van der Waals surface area contributed by atoms with E-state index in [-0.39, 0.29) is 16.2 Å². The number of halogens is 1. The molecule has 3 aromatic rings. The Morgan fingerprint density at radius 3 is 2.09 bits per heavy atom. The monoisotopic (exact) mass is 676 g/mol. The second kappa shape index (κ2) is 12.9. The van der Waals surface area contributed by atoms with Gasteiger partial charge in [0.25, 0.3) is 0 Å². The molecule has 1 spiro atoms. The Labute approximate surface area is 289 Å². The van der Waals surface area contributed by atoms with Crippen molar-refractivity contribution in [3.8, 4) is 11.1 Å². The Kier molecular flexibility index (Phi) is 9.41. The van der Waals surface area contributed by atoms with Gasteiger partial charge in [-0.15, -0.1) is 0 Å². The van der Waals surface area contributed by atoms with Crippen LogP contribution in [-0.4, -0.2) is 0 Å².